The molecule has 2 fully saturated rings. The first-order chi connectivity index (χ1) is 34.1. The Morgan fingerprint density at radius 1 is 0.843 bits per heavy atom. The highest BCUT2D eigenvalue weighted by atomic mass is 16.5. The molecule has 14 heteroatoms. The quantitative estimate of drug-likeness (QED) is 0.0411. The number of rotatable bonds is 14. The second kappa shape index (κ2) is 18.4. The molecule has 0 saturated heterocycles. The van der Waals surface area contributed by atoms with Crippen LogP contribution in [0.25, 0.3) is 11.1 Å². The lowest BCUT2D eigenvalue weighted by molar-refractivity contribution is -0.152. The SMILES string of the molecule is CCNCOc1cc(OC)c2c3c1C(O)Nc1cc4c(c(c1-3)CC2)C(O)C(c1cc(OC)c(O)c(OCC(CO)C23CC(C5(N6C(=O)C=CC6=O)CCCCC5)CCC2CCc2ccccc23)c1)CO4. The van der Waals surface area contributed by atoms with Crippen molar-refractivity contribution in [1.82, 2.24) is 10.2 Å². The number of hydrogen-bond donors (Lipinski definition) is 6. The predicted molar refractivity (Wildman–Crippen MR) is 262 cm³/mol. The molecule has 7 atom stereocenters. The summed E-state index contributed by atoms with van der Waals surface area (Å²) in [5, 5.41) is 54.1. The number of aliphatic hydroxyl groups is 3. The van der Waals surface area contributed by atoms with Crippen molar-refractivity contribution in [2.24, 2.45) is 17.8 Å². The van der Waals surface area contributed by atoms with Crippen molar-refractivity contribution in [1.29, 1.82) is 0 Å². The van der Waals surface area contributed by atoms with E-state index in [9.17, 15) is 30.0 Å². The first-order valence-corrected chi connectivity index (χ1v) is 25.4. The number of anilines is 1. The number of amides is 2. The van der Waals surface area contributed by atoms with Crippen molar-refractivity contribution in [3.63, 3.8) is 0 Å². The highest BCUT2D eigenvalue weighted by molar-refractivity contribution is 6.13. The summed E-state index contributed by atoms with van der Waals surface area (Å²) < 4.78 is 31.1. The summed E-state index contributed by atoms with van der Waals surface area (Å²) in [6.07, 6.45) is 10.8. The van der Waals surface area contributed by atoms with E-state index in [2.05, 4.69) is 34.9 Å². The van der Waals surface area contributed by atoms with Gasteiger partial charge in [-0.3, -0.25) is 19.8 Å². The molecule has 4 aromatic carbocycles. The van der Waals surface area contributed by atoms with Crippen LogP contribution in [0.2, 0.25) is 0 Å². The zero-order valence-corrected chi connectivity index (χ0v) is 40.4. The maximum absolute atomic E-state index is 13.5. The largest absolute Gasteiger partial charge is 0.502 e. The van der Waals surface area contributed by atoms with Gasteiger partial charge in [0.15, 0.2) is 17.7 Å². The summed E-state index contributed by atoms with van der Waals surface area (Å²) in [6, 6.07) is 15.7. The number of fused-ring (bicyclic) bond motifs is 5. The number of imide groups is 1. The summed E-state index contributed by atoms with van der Waals surface area (Å²) in [6.45, 7) is 2.95. The Bertz CT molecular complexity index is 2730. The van der Waals surface area contributed by atoms with Gasteiger partial charge in [0.25, 0.3) is 11.8 Å². The number of methoxy groups -OCH3 is 2. The number of benzene rings is 4. The van der Waals surface area contributed by atoms with Gasteiger partial charge in [0, 0.05) is 69.5 Å². The smallest absolute Gasteiger partial charge is 0.254 e. The molecule has 3 aliphatic heterocycles. The standard InChI is InChI=1S/C56H65N3O11/c1-4-57-30-70-43-25-41(66-2)36-16-17-37-48-40(58-54(65)51(43)50(36)48)24-42-49(37)52(63)38(29-69-42)32-22-44(67-3)53(64)45(23-32)68-28-35(27-60)56-26-34(15-14-33(56)13-12-31-10-6-7-11-39(31)56)55(20-8-5-9-21-55)59-46(61)18-19-47(59)62/h6-7,10-11,18-19,22-25,33-35,38,52,54,57-58,60,63-65H,4-5,8-9,12-17,20-21,26-30H2,1-3H3. The highest BCUT2D eigenvalue weighted by Crippen LogP contribution is 2.61. The summed E-state index contributed by atoms with van der Waals surface area (Å²) in [7, 11) is 3.12. The Morgan fingerprint density at radius 2 is 1.59 bits per heavy atom. The van der Waals surface area contributed by atoms with Gasteiger partial charge in [-0.05, 0) is 111 Å². The molecule has 4 aromatic rings. The number of ether oxygens (including phenoxy) is 5. The third kappa shape index (κ3) is 7.25. The summed E-state index contributed by atoms with van der Waals surface area (Å²) >= 11 is 0. The highest BCUT2D eigenvalue weighted by Gasteiger charge is 2.59. The van der Waals surface area contributed by atoms with E-state index in [0.29, 0.717) is 65.4 Å². The minimum atomic E-state index is -1.06. The average molecular weight is 956 g/mol. The number of aliphatic hydroxyl groups excluding tert-OH is 3. The zero-order valence-electron chi connectivity index (χ0n) is 40.4. The van der Waals surface area contributed by atoms with Gasteiger partial charge in [-0.15, -0.1) is 0 Å². The fraction of sp³-hybridized carbons (Fsp3) is 0.500. The van der Waals surface area contributed by atoms with Gasteiger partial charge in [-0.2, -0.15) is 0 Å². The normalized spacial score (nSPS) is 26.2. The molecule has 0 aromatic heterocycles. The van der Waals surface area contributed by atoms with Crippen molar-refractivity contribution in [3.8, 4) is 45.6 Å². The average Bonchev–Trinajstić information content (AvgIpc) is 3.73. The molecule has 11 rings (SSSR count). The minimum absolute atomic E-state index is 0.0156. The van der Waals surface area contributed by atoms with Gasteiger partial charge in [0.2, 0.25) is 5.75 Å². The lowest BCUT2D eigenvalue weighted by Crippen LogP contribution is -2.62. The Labute approximate surface area is 408 Å². The molecule has 0 radical (unpaired) electrons. The van der Waals surface area contributed by atoms with Crippen molar-refractivity contribution in [2.45, 2.75) is 113 Å². The Morgan fingerprint density at radius 3 is 2.34 bits per heavy atom. The van der Waals surface area contributed by atoms with E-state index in [1.807, 2.05) is 19.1 Å². The lowest BCUT2D eigenvalue weighted by Gasteiger charge is -2.59. The van der Waals surface area contributed by atoms with Crippen molar-refractivity contribution in [3.05, 3.63) is 99.6 Å². The van der Waals surface area contributed by atoms with Crippen molar-refractivity contribution >= 4 is 17.5 Å². The topological polar surface area (TPSA) is 189 Å². The fourth-order valence-corrected chi connectivity index (χ4v) is 14.3. The number of phenolic OH excluding ortho intramolecular Hbond substituents is 1. The molecule has 0 bridgehead atoms. The molecule has 0 spiro atoms. The molecular weight excluding hydrogens is 891 g/mol. The molecule has 7 aliphatic rings. The van der Waals surface area contributed by atoms with Gasteiger partial charge in [0.1, 0.15) is 24.0 Å². The van der Waals surface area contributed by atoms with Crippen LogP contribution in [-0.4, -0.2) is 90.0 Å². The Hall–Kier alpha value is -5.80. The van der Waals surface area contributed by atoms with Crippen molar-refractivity contribution in [2.75, 3.05) is 52.6 Å². The maximum atomic E-state index is 13.5. The number of aryl methyl sites for hydroxylation is 1. The van der Waals surface area contributed by atoms with Crippen LogP contribution in [0.3, 0.4) is 0 Å². The molecule has 3 heterocycles. The molecule has 2 amide bonds. The van der Waals surface area contributed by atoms with Crippen LogP contribution >= 0.6 is 0 Å². The van der Waals surface area contributed by atoms with Gasteiger partial charge < -0.3 is 49.4 Å². The summed E-state index contributed by atoms with van der Waals surface area (Å²) in [5.74, 6) is 0.622. The van der Waals surface area contributed by atoms with E-state index in [4.69, 9.17) is 23.7 Å². The van der Waals surface area contributed by atoms with E-state index in [-0.39, 0.29) is 67.5 Å². The first-order valence-electron chi connectivity index (χ1n) is 25.4. The van der Waals surface area contributed by atoms with Gasteiger partial charge in [-0.25, -0.2) is 0 Å². The molecule has 370 valence electrons. The van der Waals surface area contributed by atoms with Crippen molar-refractivity contribution < 1.29 is 53.7 Å². The van der Waals surface area contributed by atoms with E-state index in [1.165, 1.54) is 30.4 Å². The molecule has 70 heavy (non-hydrogen) atoms. The van der Waals surface area contributed by atoms with Gasteiger partial charge in [0.05, 0.1) is 51.2 Å². The predicted octanol–water partition coefficient (Wildman–Crippen LogP) is 7.66. The number of aromatic hydroxyl groups is 1. The zero-order chi connectivity index (χ0) is 48.5. The number of nitrogens with one attached hydrogen (secondary N) is 2. The molecule has 2 saturated carbocycles. The van der Waals surface area contributed by atoms with Crippen LogP contribution in [0, 0.1) is 17.8 Å². The second-order valence-electron chi connectivity index (χ2n) is 20.5. The Balaban J connectivity index is 0.934. The number of nitrogens with zero attached hydrogens (tertiary/aromatic N) is 1. The second-order valence-corrected chi connectivity index (χ2v) is 20.5. The first kappa shape index (κ1) is 46.6. The van der Waals surface area contributed by atoms with Crippen LogP contribution in [0.4, 0.5) is 5.69 Å². The van der Waals surface area contributed by atoms with E-state index >= 15 is 0 Å². The maximum Gasteiger partial charge on any atom is 0.254 e. The molecule has 6 N–H and O–H groups in total. The fourth-order valence-electron chi connectivity index (χ4n) is 14.3. The number of carbonyl (C=O) groups is 2. The monoisotopic (exact) mass is 955 g/mol. The molecule has 14 nitrogen and oxygen atoms in total. The number of hydrogen-bond acceptors (Lipinski definition) is 13. The summed E-state index contributed by atoms with van der Waals surface area (Å²) in [4.78, 5) is 28.7. The van der Waals surface area contributed by atoms with Crippen LogP contribution in [0.5, 0.6) is 34.5 Å². The number of phenols is 1. The molecule has 7 unspecified atom stereocenters. The van der Waals surface area contributed by atoms with Crippen LogP contribution < -0.4 is 34.3 Å². The van der Waals surface area contributed by atoms with Gasteiger partial charge >= 0.3 is 0 Å². The van der Waals surface area contributed by atoms with E-state index in [0.717, 1.165) is 80.0 Å². The molecule has 4 aliphatic carbocycles. The van der Waals surface area contributed by atoms with Crippen LogP contribution in [0.15, 0.2) is 60.7 Å². The minimum Gasteiger partial charge on any atom is -0.502 e. The third-order valence-electron chi connectivity index (χ3n) is 17.5. The van der Waals surface area contributed by atoms with Gasteiger partial charge in [-0.1, -0.05) is 50.5 Å². The lowest BCUT2D eigenvalue weighted by atomic mass is 9.48. The van der Waals surface area contributed by atoms with E-state index < -0.39 is 35.1 Å². The van der Waals surface area contributed by atoms with Crippen LogP contribution in [0.1, 0.15) is 122 Å². The molecular formula is C56H65N3O11. The van der Waals surface area contributed by atoms with E-state index in [1.54, 1.807) is 24.1 Å². The third-order valence-corrected chi connectivity index (χ3v) is 17.5. The number of carbonyl (C=O) groups excluding carboxylic acids is 2. The van der Waals surface area contributed by atoms with Crippen LogP contribution in [-0.2, 0) is 34.3 Å². The Kier molecular flexibility index (Phi) is 12.3. The summed E-state index contributed by atoms with van der Waals surface area (Å²) in [5.41, 5.74) is 7.48.